The van der Waals surface area contributed by atoms with E-state index >= 15 is 0 Å². The Kier molecular flexibility index (Phi) is 10.4. The van der Waals surface area contributed by atoms with E-state index in [1.54, 1.807) is 16.7 Å². The highest BCUT2D eigenvalue weighted by atomic mass is 16.6. The van der Waals surface area contributed by atoms with Gasteiger partial charge >= 0.3 is 6.09 Å². The van der Waals surface area contributed by atoms with Crippen molar-refractivity contribution >= 4 is 17.4 Å². The first-order valence-corrected chi connectivity index (χ1v) is 16.5. The number of carbonyl (C=O) groups excluding carboxylic acids is 1. The zero-order valence-electron chi connectivity index (χ0n) is 29.0. The number of fused-ring (bicyclic) bond motifs is 1. The molecule has 2 aromatic heterocycles. The van der Waals surface area contributed by atoms with Gasteiger partial charge in [0, 0.05) is 24.2 Å². The summed E-state index contributed by atoms with van der Waals surface area (Å²) >= 11 is 0. The largest absolute Gasteiger partial charge is 0.416 e. The summed E-state index contributed by atoms with van der Waals surface area (Å²) in [5, 5.41) is 3.41. The van der Waals surface area contributed by atoms with E-state index in [0.717, 1.165) is 17.5 Å². The lowest BCUT2D eigenvalue weighted by molar-refractivity contribution is 0.0259. The van der Waals surface area contributed by atoms with Gasteiger partial charge in [0.25, 0.3) is 5.69 Å². The van der Waals surface area contributed by atoms with Crippen LogP contribution in [0.1, 0.15) is 83.1 Å². The second-order valence-corrected chi connectivity index (χ2v) is 14.9. The van der Waals surface area contributed by atoms with Gasteiger partial charge in [-0.15, -0.1) is 13.2 Å². The van der Waals surface area contributed by atoms with Crippen molar-refractivity contribution in [1.82, 2.24) is 19.5 Å². The number of hydrogen-bond acceptors (Lipinski definition) is 3. The lowest BCUT2D eigenvalue weighted by Crippen LogP contribution is -2.40. The van der Waals surface area contributed by atoms with E-state index in [0.29, 0.717) is 66.3 Å². The monoisotopic (exact) mass is 611 g/mol. The highest BCUT2D eigenvalue weighted by Crippen LogP contribution is 2.51. The van der Waals surface area contributed by atoms with E-state index in [2.05, 4.69) is 97.5 Å². The van der Waals surface area contributed by atoms with Crippen LogP contribution in [0.25, 0.3) is 21.9 Å². The summed E-state index contributed by atoms with van der Waals surface area (Å²) in [7, 11) is 0. The van der Waals surface area contributed by atoms with Gasteiger partial charge in [-0.05, 0) is 110 Å². The first-order chi connectivity index (χ1) is 21.2. The number of aromatic nitrogens is 3. The molecule has 1 amide bonds. The third-order valence-electron chi connectivity index (χ3n) is 9.87. The fourth-order valence-electron chi connectivity index (χ4n) is 7.55. The minimum absolute atomic E-state index is 0.116. The molecule has 0 spiro atoms. The number of nitrogens with one attached hydrogen (secondary N) is 1. The fourth-order valence-corrected chi connectivity index (χ4v) is 7.55. The van der Waals surface area contributed by atoms with Crippen molar-refractivity contribution in [1.29, 1.82) is 0 Å². The van der Waals surface area contributed by atoms with Crippen molar-refractivity contribution in [3.05, 3.63) is 71.1 Å². The van der Waals surface area contributed by atoms with Crippen LogP contribution in [0.2, 0.25) is 0 Å². The quantitative estimate of drug-likeness (QED) is 0.183. The van der Waals surface area contributed by atoms with Crippen LogP contribution in [0.4, 0.5) is 10.5 Å². The van der Waals surface area contributed by atoms with Crippen molar-refractivity contribution in [3.8, 4) is 17.3 Å². The number of nitrogens with zero attached hydrogens (tertiary/aromatic N) is 4. The molecule has 2 heterocycles. The summed E-state index contributed by atoms with van der Waals surface area (Å²) < 4.78 is 7.79. The lowest BCUT2D eigenvalue weighted by Gasteiger charge is -2.48. The van der Waals surface area contributed by atoms with Gasteiger partial charge in [-0.1, -0.05) is 53.7 Å². The first-order valence-electron chi connectivity index (χ1n) is 16.5. The van der Waals surface area contributed by atoms with Gasteiger partial charge in [-0.25, -0.2) is 19.1 Å². The molecule has 1 aromatic carbocycles. The van der Waals surface area contributed by atoms with Crippen LogP contribution < -0.4 is 4.74 Å². The molecule has 0 saturated heterocycles. The van der Waals surface area contributed by atoms with Crippen molar-refractivity contribution in [2.75, 3.05) is 13.1 Å². The van der Waals surface area contributed by atoms with Gasteiger partial charge in [0.2, 0.25) is 5.88 Å². The maximum Gasteiger partial charge on any atom is 0.416 e. The van der Waals surface area contributed by atoms with Gasteiger partial charge in [-0.3, -0.25) is 5.10 Å². The van der Waals surface area contributed by atoms with Gasteiger partial charge < -0.3 is 9.64 Å². The minimum atomic E-state index is -0.555. The normalized spacial score (nSPS) is 20.3. The van der Waals surface area contributed by atoms with Crippen molar-refractivity contribution in [2.45, 2.75) is 88.0 Å². The van der Waals surface area contributed by atoms with Crippen molar-refractivity contribution < 1.29 is 9.53 Å². The maximum atomic E-state index is 13.5. The maximum absolute atomic E-state index is 13.5. The second-order valence-electron chi connectivity index (χ2n) is 14.9. The first kappa shape index (κ1) is 34.1. The van der Waals surface area contributed by atoms with Gasteiger partial charge in [-0.2, -0.15) is 0 Å². The van der Waals surface area contributed by atoms with Gasteiger partial charge in [0.15, 0.2) is 5.82 Å². The number of ether oxygens (including phenoxy) is 1. The molecule has 1 fully saturated rings. The summed E-state index contributed by atoms with van der Waals surface area (Å²) in [6.07, 6.45) is 6.97. The molecule has 0 aliphatic heterocycles. The number of amides is 1. The van der Waals surface area contributed by atoms with Crippen LogP contribution in [0.15, 0.2) is 37.4 Å². The van der Waals surface area contributed by atoms with Crippen LogP contribution in [0.3, 0.4) is 0 Å². The predicted octanol–water partition coefficient (Wildman–Crippen LogP) is 9.89. The minimum Gasteiger partial charge on any atom is -0.402 e. The van der Waals surface area contributed by atoms with E-state index in [1.165, 1.54) is 34.4 Å². The molecule has 4 atom stereocenters. The SMILES string of the molecule is [C-]#[N+]c1c(CC2C(CC(C)C)CC(C)CC2C(C)(C)C)c2nc(-c3cc(C)c(C)c(C)c3)[nH]n2c1OC(=O)N(CC=C)CC=C. The Labute approximate surface area is 270 Å². The average Bonchev–Trinajstić information content (AvgIpc) is 3.49. The van der Waals surface area contributed by atoms with Crippen LogP contribution in [-0.2, 0) is 6.42 Å². The molecule has 4 rings (SSSR count). The number of aryl methyl sites for hydroxylation is 2. The average molecular weight is 612 g/mol. The van der Waals surface area contributed by atoms with E-state index in [4.69, 9.17) is 16.3 Å². The zero-order valence-corrected chi connectivity index (χ0v) is 29.0. The van der Waals surface area contributed by atoms with Crippen LogP contribution in [0, 0.1) is 62.3 Å². The number of aromatic amines is 1. The highest BCUT2D eigenvalue weighted by Gasteiger charge is 2.43. The number of benzene rings is 1. The summed E-state index contributed by atoms with van der Waals surface area (Å²) in [4.78, 5) is 24.1. The number of rotatable bonds is 10. The molecular weight excluding hydrogens is 558 g/mol. The highest BCUT2D eigenvalue weighted by molar-refractivity contribution is 5.80. The summed E-state index contributed by atoms with van der Waals surface area (Å²) in [6.45, 7) is 36.9. The molecule has 1 aliphatic carbocycles. The Bertz CT molecular complexity index is 1560. The molecule has 4 unspecified atom stereocenters. The third-order valence-corrected chi connectivity index (χ3v) is 9.87. The van der Waals surface area contributed by atoms with E-state index in [-0.39, 0.29) is 11.3 Å². The predicted molar refractivity (Wildman–Crippen MR) is 185 cm³/mol. The van der Waals surface area contributed by atoms with Crippen LogP contribution in [0.5, 0.6) is 5.88 Å². The van der Waals surface area contributed by atoms with E-state index in [9.17, 15) is 4.79 Å². The van der Waals surface area contributed by atoms with Crippen LogP contribution >= 0.6 is 0 Å². The van der Waals surface area contributed by atoms with Crippen molar-refractivity contribution in [3.63, 3.8) is 0 Å². The summed E-state index contributed by atoms with van der Waals surface area (Å²) in [5.41, 5.74) is 6.57. The Morgan fingerprint density at radius 1 is 1.18 bits per heavy atom. The lowest BCUT2D eigenvalue weighted by atomic mass is 9.57. The summed E-state index contributed by atoms with van der Waals surface area (Å²) in [5.74, 6) is 3.51. The second kappa shape index (κ2) is 13.7. The van der Waals surface area contributed by atoms with Crippen LogP contribution in [-0.4, -0.2) is 38.7 Å². The molecule has 3 aromatic rings. The molecular formula is C38H53N5O2. The zero-order chi connectivity index (χ0) is 33.2. The summed E-state index contributed by atoms with van der Waals surface area (Å²) in [6, 6.07) is 4.27. The number of hydrogen-bond donors (Lipinski definition) is 1. The molecule has 0 bridgehead atoms. The van der Waals surface area contributed by atoms with E-state index < -0.39 is 6.09 Å². The number of carbonyl (C=O) groups is 1. The van der Waals surface area contributed by atoms with E-state index in [1.807, 2.05) is 0 Å². The molecule has 7 heteroatoms. The molecule has 45 heavy (non-hydrogen) atoms. The molecule has 242 valence electrons. The van der Waals surface area contributed by atoms with Gasteiger partial charge in [0.05, 0.1) is 6.57 Å². The van der Waals surface area contributed by atoms with Gasteiger partial charge in [0.1, 0.15) is 5.65 Å². The molecule has 0 radical (unpaired) electrons. The standard InChI is InChI=1S/C38H53N5O2/c1-13-15-42(16-14-2)37(44)45-36-33(39-12)31(22-30-28(17-23(3)4)18-24(5)19-32(30)38(9,10)11)35-40-34(41-43(35)36)29-20-25(6)27(8)26(7)21-29/h13-14,20-21,23-24,28,30,32H,1-2,15-19,22H2,3-11H3,(H,40,41). The Hall–Kier alpha value is -3.79. The molecule has 1 saturated carbocycles. The third kappa shape index (κ3) is 7.21. The molecule has 1 N–H and O–H groups in total. The molecule has 7 nitrogen and oxygen atoms in total. The smallest absolute Gasteiger partial charge is 0.402 e. The topological polar surface area (TPSA) is 67.0 Å². The Morgan fingerprint density at radius 2 is 1.80 bits per heavy atom. The fraction of sp³-hybridized carbons (Fsp3) is 0.553. The Morgan fingerprint density at radius 3 is 2.33 bits per heavy atom. The Balaban J connectivity index is 1.92. The molecule has 1 aliphatic rings. The van der Waals surface area contributed by atoms with Crippen molar-refractivity contribution in [2.24, 2.45) is 35.0 Å². The number of H-pyrrole nitrogens is 1.